The molecule has 0 atom stereocenters. The van der Waals surface area contributed by atoms with Crippen LogP contribution in [0.2, 0.25) is 0 Å². The molecular weight excluding hydrogens is 940 g/mol. The van der Waals surface area contributed by atoms with Crippen LogP contribution in [0.15, 0.2) is 153 Å². The first-order valence-electron chi connectivity index (χ1n) is 27.9. The van der Waals surface area contributed by atoms with Crippen LogP contribution in [0.1, 0.15) is 229 Å². The van der Waals surface area contributed by atoms with Crippen LogP contribution in [0, 0.1) is 5.82 Å². The van der Waals surface area contributed by atoms with Crippen molar-refractivity contribution in [2.75, 3.05) is 5.32 Å². The quantitative estimate of drug-likeness (QED) is 0.142. The Morgan fingerprint density at radius 3 is 1.39 bits per heavy atom. The van der Waals surface area contributed by atoms with Crippen LogP contribution in [0.25, 0.3) is 0 Å². The summed E-state index contributed by atoms with van der Waals surface area (Å²) in [5.41, 5.74) is 9.99. The molecule has 0 aliphatic heterocycles. The fraction of sp³-hybridized carbons (Fsp3) is 0.470. The van der Waals surface area contributed by atoms with Crippen LogP contribution in [0.3, 0.4) is 0 Å². The normalized spacial score (nSPS) is 12.0. The lowest BCUT2D eigenvalue weighted by Gasteiger charge is -2.21. The van der Waals surface area contributed by atoms with E-state index in [0.29, 0.717) is 47.5 Å². The van der Waals surface area contributed by atoms with Gasteiger partial charge in [0.25, 0.3) is 0 Å². The number of pyridine rings is 2. The number of benzene rings is 3. The Morgan fingerprint density at radius 2 is 0.974 bits per heavy atom. The fourth-order valence-electron chi connectivity index (χ4n) is 7.49. The third-order valence-corrected chi connectivity index (χ3v) is 12.6. The van der Waals surface area contributed by atoms with E-state index in [4.69, 9.17) is 0 Å². The van der Waals surface area contributed by atoms with Crippen molar-refractivity contribution in [2.24, 2.45) is 7.05 Å². The number of carbonyl (C=O) groups excluding carboxylic acids is 1. The summed E-state index contributed by atoms with van der Waals surface area (Å²) in [5.74, 6) is 3.86. The molecule has 2 N–H and O–H groups in total. The molecule has 1 fully saturated rings. The van der Waals surface area contributed by atoms with Crippen LogP contribution in [0.4, 0.5) is 14.9 Å². The molecule has 1 aliphatic carbocycles. The highest BCUT2D eigenvalue weighted by molar-refractivity contribution is 5.89. The van der Waals surface area contributed by atoms with Crippen molar-refractivity contribution < 1.29 is 9.18 Å². The molecule has 1 aliphatic rings. The van der Waals surface area contributed by atoms with Crippen molar-refractivity contribution in [3.63, 3.8) is 0 Å². The van der Waals surface area contributed by atoms with Gasteiger partial charge in [0.05, 0.1) is 18.4 Å². The second kappa shape index (κ2) is 36.5. The molecule has 4 aromatic heterocycles. The molecule has 414 valence electrons. The summed E-state index contributed by atoms with van der Waals surface area (Å²) in [6, 6.07) is 33.9. The number of rotatable bonds is 10. The van der Waals surface area contributed by atoms with Crippen LogP contribution in [-0.4, -0.2) is 41.6 Å². The van der Waals surface area contributed by atoms with Gasteiger partial charge in [0.2, 0.25) is 0 Å². The number of aromatic nitrogens is 6. The molecule has 0 spiro atoms. The smallest absolute Gasteiger partial charge is 0.319 e. The van der Waals surface area contributed by atoms with Crippen molar-refractivity contribution >= 4 is 11.7 Å². The van der Waals surface area contributed by atoms with E-state index in [0.717, 1.165) is 5.69 Å². The van der Waals surface area contributed by atoms with Crippen molar-refractivity contribution in [1.82, 2.24) is 34.8 Å². The highest BCUT2D eigenvalue weighted by atomic mass is 19.1. The van der Waals surface area contributed by atoms with Crippen molar-refractivity contribution in [3.8, 4) is 0 Å². The summed E-state index contributed by atoms with van der Waals surface area (Å²) in [6.45, 7) is 34.2. The number of anilines is 1. The Balaban J connectivity index is 0.000000307. The van der Waals surface area contributed by atoms with Gasteiger partial charge in [0, 0.05) is 56.0 Å². The fourth-order valence-corrected chi connectivity index (χ4v) is 7.49. The van der Waals surface area contributed by atoms with Gasteiger partial charge in [0.15, 0.2) is 0 Å². The molecule has 9 nitrogen and oxygen atoms in total. The van der Waals surface area contributed by atoms with E-state index in [2.05, 4.69) is 175 Å². The molecule has 3 aromatic carbocycles. The standard InChI is InChI=1S/C13H20N2O.C12H20N2.C9H11F.C9H12.2C8H11N.C7H12N2/c1-9(2)11-6-5-7-12(8-11)15-13(16)14-10(3)4;1-10(2)11-8-13-14(9-11)12-6-4-3-5-7-12;1-7(2)8-3-5-9(10)6-4-8;1-8(2)9-6-4-3-5-7-9;1-7(2)8-3-5-9-6-4-8;1-7(2)8-4-3-5-9-6-8;1-6(2)7-4-8-9(3)5-7/h5-10H,1-4H3,(H2,14,15,16);8-10,12H,3-7H2,1-2H3;3-7H,1-2H3;3-8H,1-2H3;2*3-7H,1-2H3;4-6H,1-3H3. The summed E-state index contributed by atoms with van der Waals surface area (Å²) in [5, 5.41) is 14.1. The third kappa shape index (κ3) is 27.9. The number of nitrogens with one attached hydrogen (secondary N) is 2. The minimum absolute atomic E-state index is 0.147. The van der Waals surface area contributed by atoms with Gasteiger partial charge in [-0.25, -0.2) is 9.18 Å². The number of hydrogen-bond acceptors (Lipinski definition) is 5. The number of carbonyl (C=O) groups is 1. The van der Waals surface area contributed by atoms with Crippen LogP contribution in [-0.2, 0) is 7.05 Å². The molecule has 2 amide bonds. The molecule has 0 unspecified atom stereocenters. The second-order valence-corrected chi connectivity index (χ2v) is 22.0. The maximum absolute atomic E-state index is 12.4. The van der Waals surface area contributed by atoms with Crippen LogP contribution < -0.4 is 10.6 Å². The molecule has 0 bridgehead atoms. The van der Waals surface area contributed by atoms with E-state index >= 15 is 0 Å². The van der Waals surface area contributed by atoms with E-state index in [1.807, 2.05) is 117 Å². The topological polar surface area (TPSA) is 103 Å². The van der Waals surface area contributed by atoms with E-state index in [9.17, 15) is 9.18 Å². The molecule has 1 saturated carbocycles. The molecule has 7 aromatic rings. The average molecular weight is 1040 g/mol. The van der Waals surface area contributed by atoms with Gasteiger partial charge >= 0.3 is 6.03 Å². The lowest BCUT2D eigenvalue weighted by Crippen LogP contribution is -2.34. The number of hydrogen-bond donors (Lipinski definition) is 2. The lowest BCUT2D eigenvalue weighted by molar-refractivity contribution is 0.250. The van der Waals surface area contributed by atoms with Gasteiger partial charge in [-0.2, -0.15) is 10.2 Å². The van der Waals surface area contributed by atoms with Crippen molar-refractivity contribution in [1.29, 1.82) is 0 Å². The first-order valence-corrected chi connectivity index (χ1v) is 27.9. The molecule has 8 rings (SSSR count). The molecule has 0 radical (unpaired) electrons. The SMILES string of the molecule is CC(C)NC(=O)Nc1cccc(C(C)C)c1.CC(C)c1ccc(F)cc1.CC(C)c1ccccc1.CC(C)c1cccnc1.CC(C)c1ccncc1.CC(C)c1cnn(C)c1.CC(C)c1cnn(C2CCCCC2)c1. The summed E-state index contributed by atoms with van der Waals surface area (Å²) >= 11 is 0. The molecular formula is C66H97FN8O. The molecule has 10 heteroatoms. The van der Waals surface area contributed by atoms with E-state index in [1.165, 1.54) is 83.2 Å². The average Bonchev–Trinajstić information content (AvgIpc) is 4.09. The summed E-state index contributed by atoms with van der Waals surface area (Å²) < 4.78 is 16.4. The zero-order chi connectivity index (χ0) is 56.6. The molecule has 0 saturated heterocycles. The predicted molar refractivity (Wildman–Crippen MR) is 321 cm³/mol. The van der Waals surface area contributed by atoms with Gasteiger partial charge in [-0.05, 0) is 150 Å². The maximum atomic E-state index is 12.4. The second-order valence-electron chi connectivity index (χ2n) is 22.0. The van der Waals surface area contributed by atoms with E-state index < -0.39 is 0 Å². The highest BCUT2D eigenvalue weighted by Gasteiger charge is 2.16. The number of aryl methyl sites for hydroxylation is 1. The van der Waals surface area contributed by atoms with Gasteiger partial charge in [-0.3, -0.25) is 19.3 Å². The number of urea groups is 1. The maximum Gasteiger partial charge on any atom is 0.319 e. The first kappa shape index (κ1) is 65.7. The Morgan fingerprint density at radius 1 is 0.487 bits per heavy atom. The zero-order valence-electron chi connectivity index (χ0n) is 49.6. The van der Waals surface area contributed by atoms with Crippen molar-refractivity contribution in [3.05, 3.63) is 197 Å². The van der Waals surface area contributed by atoms with Gasteiger partial charge < -0.3 is 10.6 Å². The Bertz CT molecular complexity index is 2420. The van der Waals surface area contributed by atoms with E-state index in [1.54, 1.807) is 6.20 Å². The number of nitrogens with zero attached hydrogens (tertiary/aromatic N) is 6. The molecule has 76 heavy (non-hydrogen) atoms. The van der Waals surface area contributed by atoms with Crippen LogP contribution >= 0.6 is 0 Å². The Kier molecular flexibility index (Phi) is 31.6. The number of halogens is 1. The number of amides is 2. The summed E-state index contributed by atoms with van der Waals surface area (Å²) in [4.78, 5) is 19.4. The minimum atomic E-state index is -0.163. The minimum Gasteiger partial charge on any atom is -0.336 e. The Labute approximate surface area is 460 Å². The van der Waals surface area contributed by atoms with Crippen LogP contribution in [0.5, 0.6) is 0 Å². The lowest BCUT2D eigenvalue weighted by atomic mass is 9.96. The van der Waals surface area contributed by atoms with Gasteiger partial charge in [-0.1, -0.05) is 177 Å². The van der Waals surface area contributed by atoms with Crippen molar-refractivity contribution in [2.45, 2.75) is 196 Å². The monoisotopic (exact) mass is 1040 g/mol. The van der Waals surface area contributed by atoms with E-state index in [-0.39, 0.29) is 17.9 Å². The predicted octanol–water partition coefficient (Wildman–Crippen LogP) is 18.6. The third-order valence-electron chi connectivity index (χ3n) is 12.6. The first-order chi connectivity index (χ1) is 36.1. The summed E-state index contributed by atoms with van der Waals surface area (Å²) in [6.07, 6.45) is 22.4. The van der Waals surface area contributed by atoms with Gasteiger partial charge in [-0.15, -0.1) is 0 Å². The van der Waals surface area contributed by atoms with Gasteiger partial charge in [0.1, 0.15) is 5.82 Å². The zero-order valence-corrected chi connectivity index (χ0v) is 49.6. The summed E-state index contributed by atoms with van der Waals surface area (Å²) in [7, 11) is 1.94. The molecule has 4 heterocycles. The highest BCUT2D eigenvalue weighted by Crippen LogP contribution is 2.28. The Hall–Kier alpha value is -6.42. The largest absolute Gasteiger partial charge is 0.336 e.